The fraction of sp³-hybridized carbons (Fsp3) is 0.545. The van der Waals surface area contributed by atoms with E-state index in [0.717, 1.165) is 0 Å². The Kier molecular flexibility index (Phi) is 4.95. The van der Waals surface area contributed by atoms with Crippen LogP contribution in [0.5, 0.6) is 0 Å². The molecular weight excluding hydrogens is 280 g/mol. The normalized spacial score (nSPS) is 11.2. The maximum Gasteiger partial charge on any atom is 0.290 e. The molecule has 0 radical (unpaired) electrons. The zero-order valence-electron chi connectivity index (χ0n) is 11.8. The molecular formula is C11H16N6O4. The standard InChI is InChI=1S/C11H16N6O4/c1-17(6-9-14-11(10(12)18)16-21-9)5-8-13-7(15-20-8)3-4-19-2/h3-6H2,1-2H3,(H2,12,18). The molecule has 0 saturated carbocycles. The van der Waals surface area contributed by atoms with E-state index in [9.17, 15) is 4.79 Å². The lowest BCUT2D eigenvalue weighted by atomic mass is 10.4. The van der Waals surface area contributed by atoms with Crippen LogP contribution in [0.25, 0.3) is 0 Å². The number of amides is 1. The first-order valence-electron chi connectivity index (χ1n) is 6.20. The largest absolute Gasteiger partial charge is 0.384 e. The Morgan fingerprint density at radius 2 is 1.90 bits per heavy atom. The number of ether oxygens (including phenoxy) is 1. The summed E-state index contributed by atoms with van der Waals surface area (Å²) in [5, 5.41) is 7.30. The van der Waals surface area contributed by atoms with Gasteiger partial charge in [0.1, 0.15) is 0 Å². The molecule has 2 N–H and O–H groups in total. The summed E-state index contributed by atoms with van der Waals surface area (Å²) in [5.41, 5.74) is 5.04. The molecule has 2 rings (SSSR count). The van der Waals surface area contributed by atoms with E-state index < -0.39 is 5.91 Å². The van der Waals surface area contributed by atoms with E-state index in [1.807, 2.05) is 11.9 Å². The van der Waals surface area contributed by atoms with Gasteiger partial charge in [0.15, 0.2) is 5.82 Å². The molecule has 114 valence electrons. The Labute approximate surface area is 120 Å². The third-order valence-electron chi connectivity index (χ3n) is 2.54. The Balaban J connectivity index is 1.87. The highest BCUT2D eigenvalue weighted by Crippen LogP contribution is 2.06. The summed E-state index contributed by atoms with van der Waals surface area (Å²) in [5.74, 6) is 0.475. The van der Waals surface area contributed by atoms with Crippen molar-refractivity contribution in [3.05, 3.63) is 23.4 Å². The van der Waals surface area contributed by atoms with E-state index in [2.05, 4.69) is 20.3 Å². The molecule has 2 aromatic heterocycles. The van der Waals surface area contributed by atoms with Gasteiger partial charge in [-0.2, -0.15) is 9.97 Å². The zero-order chi connectivity index (χ0) is 15.2. The van der Waals surface area contributed by atoms with E-state index in [1.54, 1.807) is 7.11 Å². The second kappa shape index (κ2) is 6.90. The second-order valence-electron chi connectivity index (χ2n) is 4.40. The topological polar surface area (TPSA) is 133 Å². The van der Waals surface area contributed by atoms with Crippen molar-refractivity contribution in [2.24, 2.45) is 5.73 Å². The van der Waals surface area contributed by atoms with Crippen LogP contribution in [0.2, 0.25) is 0 Å². The fourth-order valence-corrected chi connectivity index (χ4v) is 1.59. The van der Waals surface area contributed by atoms with Crippen molar-refractivity contribution < 1.29 is 18.6 Å². The van der Waals surface area contributed by atoms with Crippen molar-refractivity contribution >= 4 is 5.91 Å². The molecule has 0 unspecified atom stereocenters. The highest BCUT2D eigenvalue weighted by atomic mass is 16.5. The van der Waals surface area contributed by atoms with Crippen LogP contribution >= 0.6 is 0 Å². The number of carbonyl (C=O) groups excluding carboxylic acids is 1. The average molecular weight is 296 g/mol. The molecule has 0 fully saturated rings. The molecule has 0 saturated heterocycles. The predicted molar refractivity (Wildman–Crippen MR) is 67.9 cm³/mol. The van der Waals surface area contributed by atoms with E-state index in [1.165, 1.54) is 0 Å². The minimum atomic E-state index is -0.729. The molecule has 2 heterocycles. The van der Waals surface area contributed by atoms with Crippen LogP contribution < -0.4 is 5.73 Å². The van der Waals surface area contributed by atoms with Crippen molar-refractivity contribution in [3.63, 3.8) is 0 Å². The Bertz CT molecular complexity index is 595. The summed E-state index contributed by atoms with van der Waals surface area (Å²) in [4.78, 5) is 20.8. The highest BCUT2D eigenvalue weighted by Gasteiger charge is 2.14. The van der Waals surface area contributed by atoms with Crippen LogP contribution in [0.1, 0.15) is 28.2 Å². The maximum absolute atomic E-state index is 10.9. The van der Waals surface area contributed by atoms with Crippen molar-refractivity contribution in [3.8, 4) is 0 Å². The lowest BCUT2D eigenvalue weighted by Crippen LogP contribution is -2.18. The quantitative estimate of drug-likeness (QED) is 0.675. The zero-order valence-corrected chi connectivity index (χ0v) is 11.8. The molecule has 0 aliphatic rings. The van der Waals surface area contributed by atoms with Gasteiger partial charge in [-0.15, -0.1) is 0 Å². The van der Waals surface area contributed by atoms with Crippen molar-refractivity contribution in [1.82, 2.24) is 25.2 Å². The van der Waals surface area contributed by atoms with Gasteiger partial charge in [-0.05, 0) is 7.05 Å². The molecule has 0 spiro atoms. The van der Waals surface area contributed by atoms with Crippen LogP contribution in [0.3, 0.4) is 0 Å². The number of hydrogen-bond acceptors (Lipinski definition) is 9. The molecule has 0 atom stereocenters. The number of aromatic nitrogens is 4. The molecule has 0 aliphatic carbocycles. The first kappa shape index (κ1) is 15.1. The van der Waals surface area contributed by atoms with Gasteiger partial charge in [0.05, 0.1) is 19.7 Å². The molecule has 0 aliphatic heterocycles. The van der Waals surface area contributed by atoms with Crippen molar-refractivity contribution in [1.29, 1.82) is 0 Å². The van der Waals surface area contributed by atoms with Gasteiger partial charge in [-0.25, -0.2) is 0 Å². The number of carbonyl (C=O) groups is 1. The number of primary amides is 1. The summed E-state index contributed by atoms with van der Waals surface area (Å²) in [6.07, 6.45) is 0.593. The van der Waals surface area contributed by atoms with Crippen molar-refractivity contribution in [2.75, 3.05) is 20.8 Å². The second-order valence-corrected chi connectivity index (χ2v) is 4.40. The number of nitrogens with zero attached hydrogens (tertiary/aromatic N) is 5. The average Bonchev–Trinajstić information content (AvgIpc) is 3.06. The van der Waals surface area contributed by atoms with Crippen LogP contribution in [-0.2, 0) is 24.2 Å². The van der Waals surface area contributed by atoms with Gasteiger partial charge in [0.2, 0.25) is 11.8 Å². The summed E-state index contributed by atoms with van der Waals surface area (Å²) < 4.78 is 15.0. The molecule has 10 heteroatoms. The predicted octanol–water partition coefficient (Wildman–Crippen LogP) is -0.628. The minimum absolute atomic E-state index is 0.141. The van der Waals surface area contributed by atoms with Crippen LogP contribution in [0.4, 0.5) is 0 Å². The summed E-state index contributed by atoms with van der Waals surface area (Å²) in [7, 11) is 3.42. The lowest BCUT2D eigenvalue weighted by Gasteiger charge is -2.10. The SMILES string of the molecule is COCCc1noc(CN(C)Cc2nc(C(N)=O)no2)n1. The molecule has 1 amide bonds. The van der Waals surface area contributed by atoms with Gasteiger partial charge in [0.25, 0.3) is 11.7 Å². The van der Waals surface area contributed by atoms with E-state index >= 15 is 0 Å². The molecule has 2 aromatic rings. The maximum atomic E-state index is 10.9. The minimum Gasteiger partial charge on any atom is -0.384 e. The third kappa shape index (κ3) is 4.33. The van der Waals surface area contributed by atoms with E-state index in [0.29, 0.717) is 37.8 Å². The first-order chi connectivity index (χ1) is 10.1. The Morgan fingerprint density at radius 1 is 1.24 bits per heavy atom. The van der Waals surface area contributed by atoms with Crippen LogP contribution in [-0.4, -0.2) is 51.9 Å². The van der Waals surface area contributed by atoms with E-state index in [-0.39, 0.29) is 11.7 Å². The monoisotopic (exact) mass is 296 g/mol. The summed E-state index contributed by atoms with van der Waals surface area (Å²) >= 11 is 0. The van der Waals surface area contributed by atoms with Gasteiger partial charge in [0, 0.05) is 13.5 Å². The van der Waals surface area contributed by atoms with Gasteiger partial charge in [-0.1, -0.05) is 10.3 Å². The smallest absolute Gasteiger partial charge is 0.290 e. The van der Waals surface area contributed by atoms with Gasteiger partial charge in [-0.3, -0.25) is 9.69 Å². The molecule has 10 nitrogen and oxygen atoms in total. The number of rotatable bonds is 8. The van der Waals surface area contributed by atoms with E-state index in [4.69, 9.17) is 19.5 Å². The van der Waals surface area contributed by atoms with Crippen LogP contribution in [0, 0.1) is 0 Å². The van der Waals surface area contributed by atoms with Crippen LogP contribution in [0.15, 0.2) is 9.05 Å². The molecule has 0 bridgehead atoms. The summed E-state index contributed by atoms with van der Waals surface area (Å²) in [6, 6.07) is 0. The van der Waals surface area contributed by atoms with Gasteiger partial charge < -0.3 is 19.5 Å². The Morgan fingerprint density at radius 3 is 2.52 bits per heavy atom. The Hall–Kier alpha value is -2.33. The lowest BCUT2D eigenvalue weighted by molar-refractivity contribution is 0.0987. The van der Waals surface area contributed by atoms with Crippen molar-refractivity contribution in [2.45, 2.75) is 19.5 Å². The number of methoxy groups -OCH3 is 1. The number of nitrogens with two attached hydrogens (primary N) is 1. The first-order valence-corrected chi connectivity index (χ1v) is 6.20. The summed E-state index contributed by atoms with van der Waals surface area (Å²) in [6.45, 7) is 1.27. The molecule has 21 heavy (non-hydrogen) atoms. The number of hydrogen-bond donors (Lipinski definition) is 1. The third-order valence-corrected chi connectivity index (χ3v) is 2.54. The molecule has 0 aromatic carbocycles. The fourth-order valence-electron chi connectivity index (χ4n) is 1.59. The highest BCUT2D eigenvalue weighted by molar-refractivity contribution is 5.88. The van der Waals surface area contributed by atoms with Gasteiger partial charge >= 0.3 is 0 Å².